The molecule has 0 aromatic carbocycles. The second-order valence-corrected chi connectivity index (χ2v) is 5.39. The summed E-state index contributed by atoms with van der Waals surface area (Å²) in [6.07, 6.45) is 3.62. The van der Waals surface area contributed by atoms with E-state index in [2.05, 4.69) is 23.8 Å². The molecule has 0 saturated carbocycles. The minimum atomic E-state index is 0.196. The molecule has 0 radical (unpaired) electrons. The number of hydrogen-bond acceptors (Lipinski definition) is 4. The lowest BCUT2D eigenvalue weighted by Crippen LogP contribution is -2.58. The van der Waals surface area contributed by atoms with Crippen LogP contribution in [0.25, 0.3) is 0 Å². The molecule has 0 atom stereocenters. The van der Waals surface area contributed by atoms with Crippen LogP contribution >= 0.6 is 0 Å². The van der Waals surface area contributed by atoms with E-state index in [0.717, 1.165) is 26.3 Å². The number of likely N-dealkylation sites (N-methyl/N-ethyl adjacent to an activating group) is 1. The van der Waals surface area contributed by atoms with Gasteiger partial charge < -0.3 is 15.4 Å². The first-order valence-corrected chi connectivity index (χ1v) is 7.40. The molecule has 1 fully saturated rings. The molecule has 4 heteroatoms. The highest BCUT2D eigenvalue weighted by molar-refractivity contribution is 4.95. The normalized spacial score (nSPS) is 20.5. The van der Waals surface area contributed by atoms with E-state index in [4.69, 9.17) is 10.5 Å². The highest BCUT2D eigenvalue weighted by Crippen LogP contribution is 2.27. The van der Waals surface area contributed by atoms with Crippen molar-refractivity contribution < 1.29 is 4.74 Å². The molecule has 108 valence electrons. The number of nitrogens with zero attached hydrogens (tertiary/aromatic N) is 2. The maximum atomic E-state index is 6.06. The Labute approximate surface area is 112 Å². The van der Waals surface area contributed by atoms with Crippen LogP contribution in [-0.2, 0) is 4.74 Å². The number of piperidine rings is 1. The Bertz CT molecular complexity index is 215. The standard InChI is InChI=1S/C14H31N3O/c1-4-8-17-9-6-14(13-15,7-10-17)16(3)11-12-18-5-2/h4-13,15H2,1-3H3. The summed E-state index contributed by atoms with van der Waals surface area (Å²) in [5, 5.41) is 0. The van der Waals surface area contributed by atoms with Gasteiger partial charge in [-0.1, -0.05) is 6.92 Å². The summed E-state index contributed by atoms with van der Waals surface area (Å²) in [6.45, 7) is 11.2. The molecule has 0 bridgehead atoms. The quantitative estimate of drug-likeness (QED) is 0.663. The fraction of sp³-hybridized carbons (Fsp3) is 1.00. The van der Waals surface area contributed by atoms with Crippen molar-refractivity contribution in [3.63, 3.8) is 0 Å². The Morgan fingerprint density at radius 1 is 1.28 bits per heavy atom. The fourth-order valence-corrected chi connectivity index (χ4v) is 2.83. The fourth-order valence-electron chi connectivity index (χ4n) is 2.83. The topological polar surface area (TPSA) is 41.7 Å². The van der Waals surface area contributed by atoms with Crippen LogP contribution in [-0.4, -0.2) is 68.3 Å². The number of nitrogens with two attached hydrogens (primary N) is 1. The summed E-state index contributed by atoms with van der Waals surface area (Å²) in [5.41, 5.74) is 6.26. The minimum Gasteiger partial charge on any atom is -0.380 e. The summed E-state index contributed by atoms with van der Waals surface area (Å²) < 4.78 is 5.45. The molecule has 0 aliphatic carbocycles. The molecular formula is C14H31N3O. The van der Waals surface area contributed by atoms with E-state index in [1.54, 1.807) is 0 Å². The summed E-state index contributed by atoms with van der Waals surface area (Å²) in [6, 6.07) is 0. The molecule has 0 amide bonds. The van der Waals surface area contributed by atoms with Crippen molar-refractivity contribution in [3.8, 4) is 0 Å². The van der Waals surface area contributed by atoms with Gasteiger partial charge in [-0.15, -0.1) is 0 Å². The van der Waals surface area contributed by atoms with Crippen LogP contribution in [0.5, 0.6) is 0 Å². The van der Waals surface area contributed by atoms with Crippen molar-refractivity contribution in [1.29, 1.82) is 0 Å². The van der Waals surface area contributed by atoms with Gasteiger partial charge in [-0.3, -0.25) is 4.90 Å². The minimum absolute atomic E-state index is 0.196. The van der Waals surface area contributed by atoms with Gasteiger partial charge in [0.2, 0.25) is 0 Å². The van der Waals surface area contributed by atoms with Crippen molar-refractivity contribution in [2.24, 2.45) is 5.73 Å². The number of hydrogen-bond donors (Lipinski definition) is 1. The van der Waals surface area contributed by atoms with Gasteiger partial charge in [0.05, 0.1) is 6.61 Å². The number of ether oxygens (including phenoxy) is 1. The first-order valence-electron chi connectivity index (χ1n) is 7.40. The van der Waals surface area contributed by atoms with Gasteiger partial charge in [0.15, 0.2) is 0 Å². The second-order valence-electron chi connectivity index (χ2n) is 5.39. The number of rotatable bonds is 8. The van der Waals surface area contributed by atoms with Gasteiger partial charge in [-0.25, -0.2) is 0 Å². The Kier molecular flexibility index (Phi) is 7.15. The zero-order valence-electron chi connectivity index (χ0n) is 12.5. The van der Waals surface area contributed by atoms with Crippen molar-refractivity contribution in [3.05, 3.63) is 0 Å². The third-order valence-corrected chi connectivity index (χ3v) is 4.29. The summed E-state index contributed by atoms with van der Waals surface area (Å²) in [7, 11) is 2.20. The van der Waals surface area contributed by atoms with Crippen molar-refractivity contribution >= 4 is 0 Å². The Balaban J connectivity index is 2.43. The lowest BCUT2D eigenvalue weighted by atomic mass is 9.86. The average molecular weight is 257 g/mol. The smallest absolute Gasteiger partial charge is 0.0593 e. The first kappa shape index (κ1) is 15.9. The number of likely N-dealkylation sites (tertiary alicyclic amines) is 1. The summed E-state index contributed by atoms with van der Waals surface area (Å²) in [5.74, 6) is 0. The van der Waals surface area contributed by atoms with Crippen molar-refractivity contribution in [2.45, 2.75) is 38.6 Å². The van der Waals surface area contributed by atoms with Gasteiger partial charge >= 0.3 is 0 Å². The molecule has 0 unspecified atom stereocenters. The summed E-state index contributed by atoms with van der Waals surface area (Å²) in [4.78, 5) is 4.98. The zero-order chi connectivity index (χ0) is 13.4. The van der Waals surface area contributed by atoms with Crippen LogP contribution in [0.2, 0.25) is 0 Å². The third-order valence-electron chi connectivity index (χ3n) is 4.29. The Morgan fingerprint density at radius 2 is 1.94 bits per heavy atom. The van der Waals surface area contributed by atoms with Crippen LogP contribution < -0.4 is 5.73 Å². The van der Waals surface area contributed by atoms with E-state index in [1.165, 1.54) is 38.9 Å². The largest absolute Gasteiger partial charge is 0.380 e. The van der Waals surface area contributed by atoms with Crippen LogP contribution in [0.4, 0.5) is 0 Å². The molecule has 0 aromatic heterocycles. The van der Waals surface area contributed by atoms with E-state index >= 15 is 0 Å². The molecule has 2 N–H and O–H groups in total. The van der Waals surface area contributed by atoms with Gasteiger partial charge in [-0.05, 0) is 52.9 Å². The molecule has 1 rings (SSSR count). The van der Waals surface area contributed by atoms with E-state index < -0.39 is 0 Å². The van der Waals surface area contributed by atoms with Gasteiger partial charge in [0.25, 0.3) is 0 Å². The lowest BCUT2D eigenvalue weighted by molar-refractivity contribution is 0.0229. The first-order chi connectivity index (χ1) is 8.68. The summed E-state index contributed by atoms with van der Waals surface area (Å²) >= 11 is 0. The molecule has 1 aliphatic rings. The maximum absolute atomic E-state index is 6.06. The van der Waals surface area contributed by atoms with Gasteiger partial charge in [0.1, 0.15) is 0 Å². The van der Waals surface area contributed by atoms with Crippen molar-refractivity contribution in [1.82, 2.24) is 9.80 Å². The third kappa shape index (κ3) is 4.19. The van der Waals surface area contributed by atoms with Crippen LogP contribution in [0.1, 0.15) is 33.1 Å². The molecule has 1 heterocycles. The predicted molar refractivity (Wildman–Crippen MR) is 76.9 cm³/mol. The molecule has 18 heavy (non-hydrogen) atoms. The molecular weight excluding hydrogens is 226 g/mol. The van der Waals surface area contributed by atoms with Crippen LogP contribution in [0, 0.1) is 0 Å². The van der Waals surface area contributed by atoms with E-state index in [9.17, 15) is 0 Å². The van der Waals surface area contributed by atoms with E-state index in [-0.39, 0.29) is 5.54 Å². The van der Waals surface area contributed by atoms with Gasteiger partial charge in [-0.2, -0.15) is 0 Å². The van der Waals surface area contributed by atoms with E-state index in [0.29, 0.717) is 0 Å². The Hall–Kier alpha value is -0.160. The molecule has 1 saturated heterocycles. The molecule has 0 aromatic rings. The zero-order valence-corrected chi connectivity index (χ0v) is 12.5. The van der Waals surface area contributed by atoms with E-state index in [1.807, 2.05) is 6.92 Å². The Morgan fingerprint density at radius 3 is 2.44 bits per heavy atom. The predicted octanol–water partition coefficient (Wildman–Crippen LogP) is 1.16. The highest BCUT2D eigenvalue weighted by Gasteiger charge is 2.36. The maximum Gasteiger partial charge on any atom is 0.0593 e. The van der Waals surface area contributed by atoms with Gasteiger partial charge in [0, 0.05) is 25.2 Å². The average Bonchev–Trinajstić information content (AvgIpc) is 2.40. The molecule has 1 aliphatic heterocycles. The molecule has 4 nitrogen and oxygen atoms in total. The molecule has 0 spiro atoms. The lowest BCUT2D eigenvalue weighted by Gasteiger charge is -2.47. The SMILES string of the molecule is CCCN1CCC(CN)(N(C)CCOCC)CC1. The monoisotopic (exact) mass is 257 g/mol. The van der Waals surface area contributed by atoms with Crippen LogP contribution in [0.15, 0.2) is 0 Å². The van der Waals surface area contributed by atoms with Crippen LogP contribution in [0.3, 0.4) is 0 Å². The second kappa shape index (κ2) is 8.10. The van der Waals surface area contributed by atoms with Crippen molar-refractivity contribution in [2.75, 3.05) is 53.0 Å². The highest BCUT2D eigenvalue weighted by atomic mass is 16.5.